The molecule has 6 nitrogen and oxygen atoms in total. The fourth-order valence-corrected chi connectivity index (χ4v) is 3.47. The normalized spacial score (nSPS) is 11.7. The highest BCUT2D eigenvalue weighted by Crippen LogP contribution is 2.26. The summed E-state index contributed by atoms with van der Waals surface area (Å²) in [5, 5.41) is 0.456. The lowest BCUT2D eigenvalue weighted by Gasteiger charge is -2.14. The Bertz CT molecular complexity index is 1040. The number of fused-ring (bicyclic) bond motifs is 1. The van der Waals surface area contributed by atoms with E-state index in [4.69, 9.17) is 16.3 Å². The molecule has 27 heavy (non-hydrogen) atoms. The van der Waals surface area contributed by atoms with E-state index in [9.17, 15) is 8.42 Å². The third-order valence-corrected chi connectivity index (χ3v) is 5.43. The van der Waals surface area contributed by atoms with Crippen molar-refractivity contribution < 1.29 is 13.2 Å². The average molecular weight is 406 g/mol. The van der Waals surface area contributed by atoms with E-state index in [-0.39, 0.29) is 16.6 Å². The van der Waals surface area contributed by atoms with Gasteiger partial charge in [-0.3, -0.25) is 4.72 Å². The molecule has 0 saturated carbocycles. The zero-order chi connectivity index (χ0) is 19.4. The molecule has 1 heterocycles. The van der Waals surface area contributed by atoms with Gasteiger partial charge in [-0.05, 0) is 48.7 Å². The SMILES string of the molecule is CC(C)CCOc1nc2ccccc2nc1NS(=O)(=O)c1ccc(Cl)cc1. The van der Waals surface area contributed by atoms with Crippen LogP contribution in [0.5, 0.6) is 5.88 Å². The monoisotopic (exact) mass is 405 g/mol. The maximum Gasteiger partial charge on any atom is 0.263 e. The van der Waals surface area contributed by atoms with E-state index in [2.05, 4.69) is 28.5 Å². The minimum absolute atomic E-state index is 0.0624. The Morgan fingerprint density at radius 2 is 1.67 bits per heavy atom. The van der Waals surface area contributed by atoms with Crippen LogP contribution in [0, 0.1) is 5.92 Å². The quantitative estimate of drug-likeness (QED) is 0.625. The summed E-state index contributed by atoms with van der Waals surface area (Å²) in [7, 11) is -3.85. The van der Waals surface area contributed by atoms with Gasteiger partial charge in [-0.2, -0.15) is 0 Å². The standard InChI is InChI=1S/C19H20ClN3O3S/c1-13(2)11-12-26-19-18(21-16-5-3-4-6-17(16)22-19)23-27(24,25)15-9-7-14(20)8-10-15/h3-10,13H,11-12H2,1-2H3,(H,21,23). The Kier molecular flexibility index (Phi) is 5.82. The number of benzene rings is 2. The summed E-state index contributed by atoms with van der Waals surface area (Å²) < 4.78 is 33.6. The number of halogens is 1. The van der Waals surface area contributed by atoms with E-state index >= 15 is 0 Å². The van der Waals surface area contributed by atoms with E-state index in [1.165, 1.54) is 24.3 Å². The van der Waals surface area contributed by atoms with Crippen molar-refractivity contribution in [3.05, 3.63) is 53.6 Å². The molecule has 0 aliphatic heterocycles. The fourth-order valence-electron chi connectivity index (χ4n) is 2.34. The summed E-state index contributed by atoms with van der Waals surface area (Å²) in [5.74, 6) is 0.673. The number of hydrogen-bond acceptors (Lipinski definition) is 5. The van der Waals surface area contributed by atoms with Crippen molar-refractivity contribution in [1.82, 2.24) is 9.97 Å². The second-order valence-corrected chi connectivity index (χ2v) is 8.58. The summed E-state index contributed by atoms with van der Waals surface area (Å²) in [6.45, 7) is 4.58. The highest BCUT2D eigenvalue weighted by Gasteiger charge is 2.19. The summed E-state index contributed by atoms with van der Waals surface area (Å²) in [4.78, 5) is 8.91. The van der Waals surface area contributed by atoms with Gasteiger partial charge in [-0.15, -0.1) is 0 Å². The number of nitrogens with zero attached hydrogens (tertiary/aromatic N) is 2. The number of nitrogens with one attached hydrogen (secondary N) is 1. The first-order valence-electron chi connectivity index (χ1n) is 8.53. The van der Waals surface area contributed by atoms with Crippen LogP contribution >= 0.6 is 11.6 Å². The number of aromatic nitrogens is 2. The van der Waals surface area contributed by atoms with Crippen LogP contribution in [0.15, 0.2) is 53.4 Å². The molecule has 0 fully saturated rings. The number of para-hydroxylation sites is 2. The highest BCUT2D eigenvalue weighted by molar-refractivity contribution is 7.92. The van der Waals surface area contributed by atoms with Gasteiger partial charge in [-0.25, -0.2) is 18.4 Å². The lowest BCUT2D eigenvalue weighted by molar-refractivity contribution is 0.281. The first-order valence-corrected chi connectivity index (χ1v) is 10.4. The molecule has 3 rings (SSSR count). The zero-order valence-corrected chi connectivity index (χ0v) is 16.6. The molecule has 0 aliphatic rings. The molecule has 142 valence electrons. The molecule has 0 radical (unpaired) electrons. The van der Waals surface area contributed by atoms with Crippen molar-refractivity contribution in [1.29, 1.82) is 0 Å². The molecule has 1 aromatic heterocycles. The van der Waals surface area contributed by atoms with Gasteiger partial charge in [0.15, 0.2) is 0 Å². The maximum absolute atomic E-state index is 12.7. The third-order valence-electron chi connectivity index (χ3n) is 3.83. The molecule has 0 saturated heterocycles. The lowest BCUT2D eigenvalue weighted by atomic mass is 10.1. The predicted octanol–water partition coefficient (Wildman–Crippen LogP) is 4.51. The Morgan fingerprint density at radius 3 is 2.30 bits per heavy atom. The summed E-state index contributed by atoms with van der Waals surface area (Å²) in [5.41, 5.74) is 1.20. The number of ether oxygens (including phenoxy) is 1. The van der Waals surface area contributed by atoms with Crippen molar-refractivity contribution in [3.63, 3.8) is 0 Å². The lowest BCUT2D eigenvalue weighted by Crippen LogP contribution is -2.16. The van der Waals surface area contributed by atoms with Crippen LogP contribution in [0.25, 0.3) is 11.0 Å². The van der Waals surface area contributed by atoms with Gasteiger partial charge in [0, 0.05) is 5.02 Å². The second-order valence-electron chi connectivity index (χ2n) is 6.46. The van der Waals surface area contributed by atoms with Crippen LogP contribution in [-0.2, 0) is 10.0 Å². The summed E-state index contributed by atoms with van der Waals surface area (Å²) in [6.07, 6.45) is 0.817. The van der Waals surface area contributed by atoms with Crippen LogP contribution in [0.3, 0.4) is 0 Å². The van der Waals surface area contributed by atoms with Crippen LogP contribution in [-0.4, -0.2) is 25.0 Å². The Hall–Kier alpha value is -2.38. The largest absolute Gasteiger partial charge is 0.475 e. The van der Waals surface area contributed by atoms with E-state index in [0.29, 0.717) is 28.6 Å². The molecule has 8 heteroatoms. The number of anilines is 1. The van der Waals surface area contributed by atoms with Gasteiger partial charge in [0.1, 0.15) is 0 Å². The van der Waals surface area contributed by atoms with Gasteiger partial charge in [0.05, 0.1) is 22.5 Å². The molecule has 0 bridgehead atoms. The van der Waals surface area contributed by atoms with Gasteiger partial charge >= 0.3 is 0 Å². The van der Waals surface area contributed by atoms with Crippen molar-refractivity contribution in [2.75, 3.05) is 11.3 Å². The van der Waals surface area contributed by atoms with Gasteiger partial charge in [-0.1, -0.05) is 37.6 Å². The van der Waals surface area contributed by atoms with Crippen molar-refractivity contribution >= 4 is 38.5 Å². The molecule has 0 spiro atoms. The third kappa shape index (κ3) is 4.87. The van der Waals surface area contributed by atoms with Crippen LogP contribution in [0.4, 0.5) is 5.82 Å². The minimum Gasteiger partial charge on any atom is -0.475 e. The van der Waals surface area contributed by atoms with Gasteiger partial charge in [0.2, 0.25) is 5.82 Å². The Labute approximate surface area is 163 Å². The molecular formula is C19H20ClN3O3S. The van der Waals surface area contributed by atoms with E-state index in [0.717, 1.165) is 6.42 Å². The first-order chi connectivity index (χ1) is 12.8. The zero-order valence-electron chi connectivity index (χ0n) is 15.0. The molecular weight excluding hydrogens is 386 g/mol. The van der Waals surface area contributed by atoms with E-state index < -0.39 is 10.0 Å². The number of hydrogen-bond donors (Lipinski definition) is 1. The molecule has 0 atom stereocenters. The number of rotatable bonds is 7. The van der Waals surface area contributed by atoms with Crippen LogP contribution in [0.1, 0.15) is 20.3 Å². The predicted molar refractivity (Wildman–Crippen MR) is 107 cm³/mol. The van der Waals surface area contributed by atoms with Crippen molar-refractivity contribution in [2.24, 2.45) is 5.92 Å². The molecule has 3 aromatic rings. The summed E-state index contributed by atoms with van der Waals surface area (Å²) in [6, 6.07) is 13.1. The van der Waals surface area contributed by atoms with Crippen molar-refractivity contribution in [2.45, 2.75) is 25.2 Å². The maximum atomic E-state index is 12.7. The molecule has 0 aliphatic carbocycles. The average Bonchev–Trinajstić information content (AvgIpc) is 2.62. The van der Waals surface area contributed by atoms with Gasteiger partial charge in [0.25, 0.3) is 15.9 Å². The fraction of sp³-hybridized carbons (Fsp3) is 0.263. The van der Waals surface area contributed by atoms with Gasteiger partial charge < -0.3 is 4.74 Å². The molecule has 0 amide bonds. The topological polar surface area (TPSA) is 81.2 Å². The first kappa shape index (κ1) is 19.4. The minimum atomic E-state index is -3.85. The number of sulfonamides is 1. The second kappa shape index (κ2) is 8.10. The molecule has 0 unspecified atom stereocenters. The van der Waals surface area contributed by atoms with Crippen molar-refractivity contribution in [3.8, 4) is 5.88 Å². The Morgan fingerprint density at radius 1 is 1.04 bits per heavy atom. The highest BCUT2D eigenvalue weighted by atomic mass is 35.5. The van der Waals surface area contributed by atoms with E-state index in [1.807, 2.05) is 12.1 Å². The molecule has 1 N–H and O–H groups in total. The van der Waals surface area contributed by atoms with E-state index in [1.54, 1.807) is 12.1 Å². The Balaban J connectivity index is 1.96. The summed E-state index contributed by atoms with van der Waals surface area (Å²) >= 11 is 5.84. The van der Waals surface area contributed by atoms with Crippen LogP contribution < -0.4 is 9.46 Å². The molecule has 2 aromatic carbocycles. The smallest absolute Gasteiger partial charge is 0.263 e. The van der Waals surface area contributed by atoms with Crippen LogP contribution in [0.2, 0.25) is 5.02 Å².